The molecule has 0 saturated heterocycles. The minimum atomic E-state index is -0.148. The molecule has 0 unspecified atom stereocenters. The highest BCUT2D eigenvalue weighted by atomic mass is 16.2. The van der Waals surface area contributed by atoms with Gasteiger partial charge in [-0.05, 0) is 51.2 Å². The van der Waals surface area contributed by atoms with Crippen LogP contribution in [0.3, 0.4) is 0 Å². The Morgan fingerprint density at radius 1 is 1.06 bits per heavy atom. The number of amides is 2. The maximum atomic E-state index is 13.1. The van der Waals surface area contributed by atoms with Gasteiger partial charge < -0.3 is 21.3 Å². The van der Waals surface area contributed by atoms with Crippen LogP contribution in [-0.2, 0) is 11.2 Å². The minimum absolute atomic E-state index is 0.0394. The third kappa shape index (κ3) is 5.50. The maximum absolute atomic E-state index is 13.1. The molecule has 0 aliphatic heterocycles. The number of anilines is 3. The molecule has 4 rings (SSSR count). The first-order valence-electron chi connectivity index (χ1n) is 11.6. The predicted octanol–water partition coefficient (Wildman–Crippen LogP) is 3.64. The molecule has 2 aliphatic rings. The molecule has 2 aromatic heterocycles. The first kappa shape index (κ1) is 22.8. The average molecular weight is 449 g/mol. The SMILES string of the molecule is CNC(=O)C1CCC(NC(=O)c2cnc(Nc3cnc4c(c3)C=CC4)cc2NC(C)C)CC1. The van der Waals surface area contributed by atoms with Gasteiger partial charge in [0.05, 0.1) is 28.8 Å². The highest BCUT2D eigenvalue weighted by Crippen LogP contribution is 2.27. The molecule has 33 heavy (non-hydrogen) atoms. The molecule has 0 aromatic carbocycles. The zero-order valence-corrected chi connectivity index (χ0v) is 19.4. The van der Waals surface area contributed by atoms with Crippen molar-refractivity contribution in [3.8, 4) is 0 Å². The monoisotopic (exact) mass is 448 g/mol. The number of fused-ring (bicyclic) bond motifs is 1. The van der Waals surface area contributed by atoms with E-state index in [1.807, 2.05) is 19.9 Å². The van der Waals surface area contributed by atoms with Crippen LogP contribution in [0, 0.1) is 5.92 Å². The van der Waals surface area contributed by atoms with Crippen molar-refractivity contribution in [3.63, 3.8) is 0 Å². The summed E-state index contributed by atoms with van der Waals surface area (Å²) < 4.78 is 0. The number of hydrogen-bond donors (Lipinski definition) is 4. The molecule has 174 valence electrons. The van der Waals surface area contributed by atoms with E-state index in [-0.39, 0.29) is 29.8 Å². The van der Waals surface area contributed by atoms with E-state index in [2.05, 4.69) is 49.5 Å². The van der Waals surface area contributed by atoms with E-state index in [1.165, 1.54) is 0 Å². The average Bonchev–Trinajstić information content (AvgIpc) is 3.26. The number of pyridine rings is 2. The van der Waals surface area contributed by atoms with Crippen LogP contribution in [-0.4, -0.2) is 40.9 Å². The van der Waals surface area contributed by atoms with E-state index in [9.17, 15) is 9.59 Å². The number of carbonyl (C=O) groups excluding carboxylic acids is 2. The first-order chi connectivity index (χ1) is 15.9. The van der Waals surface area contributed by atoms with Crippen LogP contribution in [0.4, 0.5) is 17.2 Å². The fraction of sp³-hybridized carbons (Fsp3) is 0.440. The highest BCUT2D eigenvalue weighted by Gasteiger charge is 2.27. The smallest absolute Gasteiger partial charge is 0.255 e. The molecule has 1 saturated carbocycles. The van der Waals surface area contributed by atoms with Crippen LogP contribution >= 0.6 is 0 Å². The highest BCUT2D eigenvalue weighted by molar-refractivity contribution is 6.00. The third-order valence-corrected chi connectivity index (χ3v) is 6.16. The second-order valence-corrected chi connectivity index (χ2v) is 9.04. The summed E-state index contributed by atoms with van der Waals surface area (Å²) in [6, 6.07) is 4.13. The molecule has 0 bridgehead atoms. The summed E-state index contributed by atoms with van der Waals surface area (Å²) in [5.74, 6) is 0.622. The summed E-state index contributed by atoms with van der Waals surface area (Å²) in [6.45, 7) is 4.07. The molecule has 4 N–H and O–H groups in total. The largest absolute Gasteiger partial charge is 0.382 e. The van der Waals surface area contributed by atoms with Crippen LogP contribution in [0.15, 0.2) is 30.6 Å². The molecule has 8 heteroatoms. The Morgan fingerprint density at radius 3 is 2.58 bits per heavy atom. The van der Waals surface area contributed by atoms with E-state index in [0.29, 0.717) is 11.4 Å². The predicted molar refractivity (Wildman–Crippen MR) is 131 cm³/mol. The van der Waals surface area contributed by atoms with Crippen molar-refractivity contribution in [2.45, 2.75) is 58.0 Å². The second-order valence-electron chi connectivity index (χ2n) is 9.04. The quantitative estimate of drug-likeness (QED) is 0.515. The molecule has 2 heterocycles. The first-order valence-corrected chi connectivity index (χ1v) is 11.6. The molecular formula is C25H32N6O2. The summed E-state index contributed by atoms with van der Waals surface area (Å²) in [5, 5.41) is 12.5. The van der Waals surface area contributed by atoms with E-state index in [1.54, 1.807) is 19.4 Å². The van der Waals surface area contributed by atoms with E-state index in [0.717, 1.165) is 54.7 Å². The zero-order valence-electron chi connectivity index (χ0n) is 19.4. The molecule has 0 radical (unpaired) electrons. The normalized spacial score (nSPS) is 19.2. The number of nitrogens with zero attached hydrogens (tertiary/aromatic N) is 2. The van der Waals surface area contributed by atoms with Crippen LogP contribution < -0.4 is 21.3 Å². The zero-order chi connectivity index (χ0) is 23.4. The van der Waals surface area contributed by atoms with Gasteiger partial charge in [-0.25, -0.2) is 4.98 Å². The molecule has 0 atom stereocenters. The summed E-state index contributed by atoms with van der Waals surface area (Å²) >= 11 is 0. The van der Waals surface area contributed by atoms with Gasteiger partial charge in [-0.15, -0.1) is 0 Å². The molecule has 1 fully saturated rings. The Kier molecular flexibility index (Phi) is 6.91. The lowest BCUT2D eigenvalue weighted by Gasteiger charge is -2.28. The van der Waals surface area contributed by atoms with E-state index in [4.69, 9.17) is 0 Å². The third-order valence-electron chi connectivity index (χ3n) is 6.16. The number of rotatable bonds is 7. The number of allylic oxidation sites excluding steroid dienone is 1. The van der Waals surface area contributed by atoms with Crippen molar-refractivity contribution < 1.29 is 9.59 Å². The van der Waals surface area contributed by atoms with Crippen molar-refractivity contribution in [3.05, 3.63) is 47.4 Å². The second kappa shape index (κ2) is 10.0. The number of carbonyl (C=O) groups is 2. The molecule has 2 aliphatic carbocycles. The van der Waals surface area contributed by atoms with Gasteiger partial charge >= 0.3 is 0 Å². The summed E-state index contributed by atoms with van der Waals surface area (Å²) in [6.07, 6.45) is 11.6. The van der Waals surface area contributed by atoms with Gasteiger partial charge in [0.2, 0.25) is 5.91 Å². The van der Waals surface area contributed by atoms with Gasteiger partial charge in [0.25, 0.3) is 5.91 Å². The minimum Gasteiger partial charge on any atom is -0.382 e. The van der Waals surface area contributed by atoms with Gasteiger partial charge in [-0.3, -0.25) is 14.6 Å². The van der Waals surface area contributed by atoms with Crippen molar-refractivity contribution in [2.24, 2.45) is 5.92 Å². The van der Waals surface area contributed by atoms with Crippen LogP contribution in [0.25, 0.3) is 6.08 Å². The van der Waals surface area contributed by atoms with Crippen LogP contribution in [0.2, 0.25) is 0 Å². The summed E-state index contributed by atoms with van der Waals surface area (Å²) in [7, 11) is 1.67. The fourth-order valence-corrected chi connectivity index (χ4v) is 4.44. The Morgan fingerprint density at radius 2 is 1.85 bits per heavy atom. The van der Waals surface area contributed by atoms with Gasteiger partial charge in [0.15, 0.2) is 0 Å². The van der Waals surface area contributed by atoms with Gasteiger partial charge in [-0.1, -0.05) is 12.2 Å². The summed E-state index contributed by atoms with van der Waals surface area (Å²) in [4.78, 5) is 33.9. The Hall–Kier alpha value is -3.42. The lowest BCUT2D eigenvalue weighted by atomic mass is 9.85. The molecule has 2 aromatic rings. The van der Waals surface area contributed by atoms with Gasteiger partial charge in [0, 0.05) is 43.7 Å². The van der Waals surface area contributed by atoms with Crippen LogP contribution in [0.5, 0.6) is 0 Å². The lowest BCUT2D eigenvalue weighted by Crippen LogP contribution is -2.40. The molecule has 2 amide bonds. The van der Waals surface area contributed by atoms with Crippen molar-refractivity contribution in [1.29, 1.82) is 0 Å². The maximum Gasteiger partial charge on any atom is 0.255 e. The van der Waals surface area contributed by atoms with Crippen molar-refractivity contribution in [2.75, 3.05) is 17.7 Å². The topological polar surface area (TPSA) is 108 Å². The Balaban J connectivity index is 1.45. The number of hydrogen-bond acceptors (Lipinski definition) is 6. The standard InChI is InChI=1S/C25H32N6O2/c1-15(2)29-22-12-23(30-19-11-17-5-4-6-21(17)27-13-19)28-14-20(22)25(33)31-18-9-7-16(8-10-18)24(32)26-3/h4-5,11-16,18H,6-10H2,1-3H3,(H,26,32)(H,31,33)(H2,28,29,30). The van der Waals surface area contributed by atoms with Gasteiger partial charge in [-0.2, -0.15) is 0 Å². The van der Waals surface area contributed by atoms with E-state index >= 15 is 0 Å². The van der Waals surface area contributed by atoms with E-state index < -0.39 is 0 Å². The summed E-state index contributed by atoms with van der Waals surface area (Å²) in [5.41, 5.74) is 4.29. The molecule has 0 spiro atoms. The Bertz CT molecular complexity index is 1060. The van der Waals surface area contributed by atoms with Gasteiger partial charge in [0.1, 0.15) is 5.82 Å². The fourth-order valence-electron chi connectivity index (χ4n) is 4.44. The van der Waals surface area contributed by atoms with Crippen molar-refractivity contribution >= 4 is 35.1 Å². The van der Waals surface area contributed by atoms with Crippen molar-refractivity contribution in [1.82, 2.24) is 20.6 Å². The number of aromatic nitrogens is 2. The Labute approximate surface area is 194 Å². The molecular weight excluding hydrogens is 416 g/mol. The number of nitrogens with one attached hydrogen (secondary N) is 4. The molecule has 8 nitrogen and oxygen atoms in total. The van der Waals surface area contributed by atoms with Crippen LogP contribution in [0.1, 0.15) is 61.1 Å². The lowest BCUT2D eigenvalue weighted by molar-refractivity contribution is -0.125.